The van der Waals surface area contributed by atoms with Gasteiger partial charge in [-0.25, -0.2) is 0 Å². The van der Waals surface area contributed by atoms with Crippen molar-refractivity contribution in [1.29, 1.82) is 0 Å². The zero-order valence-corrected chi connectivity index (χ0v) is 8.38. The van der Waals surface area contributed by atoms with Gasteiger partial charge in [-0.3, -0.25) is 0 Å². The van der Waals surface area contributed by atoms with Crippen LogP contribution in [0.15, 0.2) is 21.8 Å². The molecule has 0 N–H and O–H groups in total. The lowest BCUT2D eigenvalue weighted by molar-refractivity contribution is 0.412. The topological polar surface area (TPSA) is 38.7 Å². The second kappa shape index (κ2) is 3.67. The molecule has 0 radical (unpaired) electrons. The summed E-state index contributed by atoms with van der Waals surface area (Å²) in [5, 5.41) is 2.90. The third kappa shape index (κ3) is 1.48. The molecule has 0 atom stereocenters. The average Bonchev–Trinajstić information content (AvgIpc) is 2.06. The van der Waals surface area contributed by atoms with Crippen LogP contribution < -0.4 is 4.74 Å². The van der Waals surface area contributed by atoms with Crippen LogP contribution in [0.3, 0.4) is 0 Å². The summed E-state index contributed by atoms with van der Waals surface area (Å²) < 4.78 is 5.71. The van der Waals surface area contributed by atoms with Gasteiger partial charge in [0.25, 0.3) is 0 Å². The Hall–Kier alpha value is -0.900. The van der Waals surface area contributed by atoms with Crippen molar-refractivity contribution in [3.63, 3.8) is 0 Å². The van der Waals surface area contributed by atoms with Crippen LogP contribution in [-0.2, 0) is 0 Å². The highest BCUT2D eigenvalue weighted by Crippen LogP contribution is 2.34. The van der Waals surface area contributed by atoms with Gasteiger partial charge >= 0.3 is 0 Å². The summed E-state index contributed by atoms with van der Waals surface area (Å²) in [5.41, 5.74) is 1.15. The summed E-state index contributed by atoms with van der Waals surface area (Å²) in [7, 11) is 1.56. The molecule has 0 fully saturated rings. The SMILES string of the molecule is COc1ccc(Br)c(N=O)c1C. The van der Waals surface area contributed by atoms with E-state index in [4.69, 9.17) is 4.74 Å². The van der Waals surface area contributed by atoms with Crippen LogP contribution in [-0.4, -0.2) is 7.11 Å². The van der Waals surface area contributed by atoms with Crippen LogP contribution in [0.25, 0.3) is 0 Å². The lowest BCUT2D eigenvalue weighted by Gasteiger charge is -2.06. The molecular formula is C8H8BrNO2. The molecule has 0 aliphatic heterocycles. The molecule has 0 saturated carbocycles. The van der Waals surface area contributed by atoms with E-state index in [9.17, 15) is 4.91 Å². The van der Waals surface area contributed by atoms with Gasteiger partial charge in [-0.1, -0.05) is 0 Å². The van der Waals surface area contributed by atoms with Crippen LogP contribution in [0.4, 0.5) is 5.69 Å². The second-order valence-corrected chi connectivity index (χ2v) is 3.17. The van der Waals surface area contributed by atoms with E-state index >= 15 is 0 Å². The van der Waals surface area contributed by atoms with Gasteiger partial charge in [0.05, 0.1) is 7.11 Å². The van der Waals surface area contributed by atoms with Gasteiger partial charge in [0, 0.05) is 10.0 Å². The smallest absolute Gasteiger partial charge is 0.128 e. The number of nitrogens with zero attached hydrogens (tertiary/aromatic N) is 1. The number of nitroso groups, excluding NO2 is 1. The minimum atomic E-state index is 0.398. The fourth-order valence-electron chi connectivity index (χ4n) is 0.982. The lowest BCUT2D eigenvalue weighted by Crippen LogP contribution is -1.87. The Morgan fingerprint density at radius 2 is 2.17 bits per heavy atom. The maximum atomic E-state index is 10.4. The molecule has 1 rings (SSSR count). The fourth-order valence-corrected chi connectivity index (χ4v) is 1.48. The molecule has 0 amide bonds. The molecule has 1 aromatic rings. The summed E-state index contributed by atoms with van der Waals surface area (Å²) in [6, 6.07) is 3.52. The van der Waals surface area contributed by atoms with Crippen LogP contribution in [0, 0.1) is 11.8 Å². The first kappa shape index (κ1) is 9.19. The number of hydrogen-bond donors (Lipinski definition) is 0. The lowest BCUT2D eigenvalue weighted by atomic mass is 10.2. The first-order valence-electron chi connectivity index (χ1n) is 3.37. The standard InChI is InChI=1S/C8H8BrNO2/c1-5-7(12-2)4-3-6(9)8(5)10-11/h3-4H,1-2H3. The molecule has 12 heavy (non-hydrogen) atoms. The monoisotopic (exact) mass is 229 g/mol. The normalized spacial score (nSPS) is 9.58. The molecular weight excluding hydrogens is 222 g/mol. The van der Waals surface area contributed by atoms with Crippen molar-refractivity contribution >= 4 is 21.6 Å². The van der Waals surface area contributed by atoms with Gasteiger partial charge in [-0.15, -0.1) is 4.91 Å². The van der Waals surface area contributed by atoms with E-state index in [1.165, 1.54) is 0 Å². The van der Waals surface area contributed by atoms with Gasteiger partial charge in [0.1, 0.15) is 11.4 Å². The van der Waals surface area contributed by atoms with E-state index in [-0.39, 0.29) is 0 Å². The Morgan fingerprint density at radius 1 is 1.50 bits per heavy atom. The van der Waals surface area contributed by atoms with Gasteiger partial charge in [-0.05, 0) is 40.2 Å². The number of halogens is 1. The number of rotatable bonds is 2. The van der Waals surface area contributed by atoms with Crippen molar-refractivity contribution in [3.05, 3.63) is 27.1 Å². The van der Waals surface area contributed by atoms with Crippen molar-refractivity contribution in [2.75, 3.05) is 7.11 Å². The van der Waals surface area contributed by atoms with E-state index in [2.05, 4.69) is 21.1 Å². The molecule has 0 aliphatic carbocycles. The predicted octanol–water partition coefficient (Wildman–Crippen LogP) is 3.16. The largest absolute Gasteiger partial charge is 0.496 e. The zero-order valence-electron chi connectivity index (χ0n) is 6.80. The predicted molar refractivity (Wildman–Crippen MR) is 50.9 cm³/mol. The minimum absolute atomic E-state index is 0.398. The van der Waals surface area contributed by atoms with Crippen molar-refractivity contribution in [3.8, 4) is 5.75 Å². The number of ether oxygens (including phenoxy) is 1. The van der Waals surface area contributed by atoms with Gasteiger partial charge in [0.2, 0.25) is 0 Å². The van der Waals surface area contributed by atoms with E-state index in [1.54, 1.807) is 26.2 Å². The minimum Gasteiger partial charge on any atom is -0.496 e. The molecule has 1 aromatic carbocycles. The van der Waals surface area contributed by atoms with Crippen LogP contribution in [0.1, 0.15) is 5.56 Å². The molecule has 64 valence electrons. The highest BCUT2D eigenvalue weighted by Gasteiger charge is 2.08. The van der Waals surface area contributed by atoms with Gasteiger partial charge in [-0.2, -0.15) is 0 Å². The Bertz CT molecular complexity index is 312. The zero-order chi connectivity index (χ0) is 9.14. The first-order chi connectivity index (χ1) is 5.70. The van der Waals surface area contributed by atoms with Crippen molar-refractivity contribution < 1.29 is 4.74 Å². The van der Waals surface area contributed by atoms with Gasteiger partial charge in [0.15, 0.2) is 0 Å². The summed E-state index contributed by atoms with van der Waals surface area (Å²) in [5.74, 6) is 0.674. The molecule has 0 aliphatic rings. The number of hydrogen-bond acceptors (Lipinski definition) is 3. The van der Waals surface area contributed by atoms with Crippen molar-refractivity contribution in [2.45, 2.75) is 6.92 Å². The van der Waals surface area contributed by atoms with E-state index in [0.717, 1.165) is 5.56 Å². The molecule has 0 aromatic heterocycles. The van der Waals surface area contributed by atoms with Crippen LogP contribution in [0.2, 0.25) is 0 Å². The summed E-state index contributed by atoms with van der Waals surface area (Å²) in [4.78, 5) is 10.4. The molecule has 3 nitrogen and oxygen atoms in total. The average molecular weight is 230 g/mol. The second-order valence-electron chi connectivity index (χ2n) is 2.31. The van der Waals surface area contributed by atoms with Crippen LogP contribution >= 0.6 is 15.9 Å². The summed E-state index contributed by atoms with van der Waals surface area (Å²) >= 11 is 3.22. The third-order valence-electron chi connectivity index (χ3n) is 1.64. The van der Waals surface area contributed by atoms with E-state index < -0.39 is 0 Å². The highest BCUT2D eigenvalue weighted by molar-refractivity contribution is 9.10. The van der Waals surface area contributed by atoms with Crippen molar-refractivity contribution in [2.24, 2.45) is 5.18 Å². The summed E-state index contributed by atoms with van der Waals surface area (Å²) in [6.07, 6.45) is 0. The Morgan fingerprint density at radius 3 is 2.67 bits per heavy atom. The van der Waals surface area contributed by atoms with Crippen molar-refractivity contribution in [1.82, 2.24) is 0 Å². The quantitative estimate of drug-likeness (QED) is 0.732. The third-order valence-corrected chi connectivity index (χ3v) is 2.28. The van der Waals surface area contributed by atoms with E-state index in [1.807, 2.05) is 0 Å². The Kier molecular flexibility index (Phi) is 2.81. The molecule has 4 heteroatoms. The molecule has 0 heterocycles. The maximum absolute atomic E-state index is 10.4. The number of benzene rings is 1. The Balaban J connectivity index is 3.33. The molecule has 0 bridgehead atoms. The molecule has 0 unspecified atom stereocenters. The molecule has 0 spiro atoms. The van der Waals surface area contributed by atoms with Crippen LogP contribution in [0.5, 0.6) is 5.75 Å². The highest BCUT2D eigenvalue weighted by atomic mass is 79.9. The number of methoxy groups -OCH3 is 1. The Labute approximate surface area is 78.8 Å². The summed E-state index contributed by atoms with van der Waals surface area (Å²) in [6.45, 7) is 1.79. The fraction of sp³-hybridized carbons (Fsp3) is 0.250. The molecule has 0 saturated heterocycles. The first-order valence-corrected chi connectivity index (χ1v) is 4.16. The maximum Gasteiger partial charge on any atom is 0.128 e. The van der Waals surface area contributed by atoms with E-state index in [0.29, 0.717) is 15.9 Å². The van der Waals surface area contributed by atoms with Gasteiger partial charge < -0.3 is 4.74 Å².